The molecule has 0 atom stereocenters. The minimum absolute atomic E-state index is 0.0297. The fourth-order valence-electron chi connectivity index (χ4n) is 1.09. The second-order valence-electron chi connectivity index (χ2n) is 2.57. The van der Waals surface area contributed by atoms with E-state index < -0.39 is 17.8 Å². The molecule has 2 saturated heterocycles. The van der Waals surface area contributed by atoms with Gasteiger partial charge in [-0.15, -0.1) is 0 Å². The molecule has 4 N–H and O–H groups in total. The number of rotatable bonds is 0. The van der Waals surface area contributed by atoms with Gasteiger partial charge in [0.15, 0.2) is 0 Å². The third-order valence-electron chi connectivity index (χ3n) is 1.64. The van der Waals surface area contributed by atoms with Gasteiger partial charge in [0.25, 0.3) is 0 Å². The molecule has 2 rings (SSSR count). The van der Waals surface area contributed by atoms with Crippen LogP contribution in [0.15, 0.2) is 11.4 Å². The van der Waals surface area contributed by atoms with Crippen LogP contribution in [0.1, 0.15) is 0 Å². The van der Waals surface area contributed by atoms with Crippen molar-refractivity contribution in [2.24, 2.45) is 0 Å². The van der Waals surface area contributed by atoms with Gasteiger partial charge in [0.1, 0.15) is 0 Å². The summed E-state index contributed by atoms with van der Waals surface area (Å²) in [6.07, 6.45) is 0. The van der Waals surface area contributed by atoms with Crippen molar-refractivity contribution in [1.29, 1.82) is 0 Å². The molecule has 4 amide bonds. The van der Waals surface area contributed by atoms with Crippen LogP contribution in [0.2, 0.25) is 0 Å². The predicted octanol–water partition coefficient (Wildman–Crippen LogP) is -2.99. The van der Waals surface area contributed by atoms with Gasteiger partial charge in [-0.05, 0) is 0 Å². The number of hydrogen-bond acceptors (Lipinski definition) is 4. The summed E-state index contributed by atoms with van der Waals surface area (Å²) in [6.45, 7) is 0. The third kappa shape index (κ3) is 1.30. The van der Waals surface area contributed by atoms with Crippen LogP contribution in [0.5, 0.6) is 0 Å². The molecule has 72 valence electrons. The first-order chi connectivity index (χ1) is 6.58. The first-order valence-electron chi connectivity index (χ1n) is 3.57. The number of carbonyl (C=O) groups is 3. The van der Waals surface area contributed by atoms with Crippen LogP contribution >= 0.6 is 0 Å². The number of imide groups is 1. The summed E-state index contributed by atoms with van der Waals surface area (Å²) >= 11 is 2.54. The van der Waals surface area contributed by atoms with Crippen molar-refractivity contribution in [3.63, 3.8) is 0 Å². The molecule has 0 saturated carbocycles. The van der Waals surface area contributed by atoms with E-state index in [9.17, 15) is 14.4 Å². The van der Waals surface area contributed by atoms with Gasteiger partial charge in [-0.1, -0.05) is 0 Å². The van der Waals surface area contributed by atoms with Crippen molar-refractivity contribution in [2.75, 3.05) is 0 Å². The van der Waals surface area contributed by atoms with Gasteiger partial charge in [0.2, 0.25) is 0 Å². The van der Waals surface area contributed by atoms with Gasteiger partial charge in [-0.25, -0.2) is 0 Å². The summed E-state index contributed by atoms with van der Waals surface area (Å²) in [5, 5.41) is 9.22. The zero-order valence-corrected chi connectivity index (χ0v) is 8.35. The molecule has 0 bridgehead atoms. The third-order valence-corrected chi connectivity index (χ3v) is 2.06. The van der Waals surface area contributed by atoms with E-state index in [-0.39, 0.29) is 11.4 Å². The number of hydrogen-bond donors (Lipinski definition) is 4. The van der Waals surface area contributed by atoms with E-state index in [0.717, 1.165) is 0 Å². The minimum atomic E-state index is -0.638. The van der Waals surface area contributed by atoms with Crippen LogP contribution < -0.4 is 21.3 Å². The summed E-state index contributed by atoms with van der Waals surface area (Å²) in [7, 11) is 0. The Morgan fingerprint density at radius 2 is 1.36 bits per heavy atom. The molecule has 0 unspecified atom stereocenters. The van der Waals surface area contributed by atoms with Crippen molar-refractivity contribution < 1.29 is 14.4 Å². The number of amides is 4. The Balaban J connectivity index is 2.41. The van der Waals surface area contributed by atoms with Gasteiger partial charge in [-0.2, -0.15) is 0 Å². The zero-order chi connectivity index (χ0) is 10.3. The van der Waals surface area contributed by atoms with Crippen LogP contribution in [0.25, 0.3) is 0 Å². The quantitative estimate of drug-likeness (QED) is 0.212. The van der Waals surface area contributed by atoms with Crippen LogP contribution in [-0.4, -0.2) is 38.1 Å². The van der Waals surface area contributed by atoms with E-state index in [0.29, 0.717) is 4.67 Å². The number of urea groups is 1. The van der Waals surface area contributed by atoms with E-state index >= 15 is 0 Å². The Bertz CT molecular complexity index is 375. The monoisotopic (exact) mass is 260 g/mol. The maximum atomic E-state index is 11.2. The average Bonchev–Trinajstić information content (AvgIpc) is 2.55. The van der Waals surface area contributed by atoms with Crippen molar-refractivity contribution in [2.45, 2.75) is 0 Å². The van der Waals surface area contributed by atoms with Gasteiger partial charge in [0.05, 0.1) is 0 Å². The van der Waals surface area contributed by atoms with E-state index in [1.807, 2.05) is 5.32 Å². The molecule has 2 heterocycles. The fourth-order valence-corrected chi connectivity index (χ4v) is 1.50. The van der Waals surface area contributed by atoms with Gasteiger partial charge in [-0.3, -0.25) is 0 Å². The summed E-state index contributed by atoms with van der Waals surface area (Å²) in [5.41, 5.74) is -0.0418. The Labute approximate surface area is 85.6 Å². The van der Waals surface area contributed by atoms with Gasteiger partial charge < -0.3 is 0 Å². The zero-order valence-electron chi connectivity index (χ0n) is 6.63. The normalized spacial score (nSPS) is 25.7. The molecule has 0 aliphatic carbocycles. The maximum absolute atomic E-state index is 11.2. The molecule has 0 aromatic heterocycles. The number of nitrogens with one attached hydrogen (secondary N) is 4. The summed E-state index contributed by atoms with van der Waals surface area (Å²) < 4.78 is 0.395. The molecule has 0 spiro atoms. The van der Waals surface area contributed by atoms with Crippen LogP contribution in [0, 0.1) is 0 Å². The Morgan fingerprint density at radius 3 is 1.79 bits per heavy atom. The summed E-state index contributed by atoms with van der Waals surface area (Å²) in [6, 6.07) is -0.638. The second-order valence-corrected chi connectivity index (χ2v) is 3.42. The average molecular weight is 259 g/mol. The molecule has 2 aliphatic rings. The molecule has 0 aromatic rings. The van der Waals surface area contributed by atoms with Crippen molar-refractivity contribution in [3.05, 3.63) is 11.4 Å². The van der Waals surface area contributed by atoms with Crippen LogP contribution in [0.4, 0.5) is 4.79 Å². The first kappa shape index (κ1) is 8.92. The molecule has 0 aromatic carbocycles. The molecule has 2 aliphatic heterocycles. The Hall–Kier alpha value is -1.66. The second kappa shape index (κ2) is 2.93. The Morgan fingerprint density at radius 1 is 0.786 bits per heavy atom. The van der Waals surface area contributed by atoms with E-state index in [1.165, 1.54) is 0 Å². The predicted molar refractivity (Wildman–Crippen MR) is 45.7 cm³/mol. The number of carbonyl (C=O) groups excluding carboxylic acids is 3. The van der Waals surface area contributed by atoms with Gasteiger partial charge in [0, 0.05) is 0 Å². The summed E-state index contributed by atoms with van der Waals surface area (Å²) in [5.74, 6) is -1.09. The SMILES string of the molecule is O=C1NC(=O)C(=C2NC(=[Se])NC2=O)N1. The fraction of sp³-hybridized carbons (Fsp3) is 0. The molecule has 14 heavy (non-hydrogen) atoms. The van der Waals surface area contributed by atoms with E-state index in [4.69, 9.17) is 0 Å². The molecule has 2 fully saturated rings. The summed E-state index contributed by atoms with van der Waals surface area (Å²) in [4.78, 5) is 33.1. The van der Waals surface area contributed by atoms with Crippen molar-refractivity contribution >= 4 is 38.1 Å². The molecule has 7 nitrogen and oxygen atoms in total. The van der Waals surface area contributed by atoms with E-state index in [1.54, 1.807) is 0 Å². The Kier molecular flexibility index (Phi) is 1.87. The standard InChI is InChI=1S/C6H4N4O3Se/c11-3-1(7-5(13)9-3)2-4(12)10-6(14)8-2/h(H2,7,9,11,13)(H2,8,10,12,14). The van der Waals surface area contributed by atoms with Crippen LogP contribution in [0.3, 0.4) is 0 Å². The van der Waals surface area contributed by atoms with Crippen molar-refractivity contribution in [3.8, 4) is 0 Å². The molecule has 8 heteroatoms. The van der Waals surface area contributed by atoms with E-state index in [2.05, 4.69) is 31.5 Å². The molecular weight excluding hydrogens is 255 g/mol. The van der Waals surface area contributed by atoms with Gasteiger partial charge >= 0.3 is 85.1 Å². The van der Waals surface area contributed by atoms with Crippen LogP contribution in [-0.2, 0) is 9.59 Å². The molecular formula is C6H4N4O3Se. The van der Waals surface area contributed by atoms with Crippen molar-refractivity contribution in [1.82, 2.24) is 21.3 Å². The molecule has 0 radical (unpaired) electrons. The first-order valence-corrected chi connectivity index (χ1v) is 4.42. The topological polar surface area (TPSA) is 99.3 Å².